The number of amides is 2. The van der Waals surface area contributed by atoms with Gasteiger partial charge in [0.15, 0.2) is 5.13 Å². The van der Waals surface area contributed by atoms with E-state index in [-0.39, 0.29) is 18.2 Å². The average Bonchev–Trinajstić information content (AvgIpc) is 3.32. The van der Waals surface area contributed by atoms with Crippen molar-refractivity contribution in [3.05, 3.63) is 65.6 Å². The van der Waals surface area contributed by atoms with Crippen molar-refractivity contribution in [2.24, 2.45) is 0 Å². The summed E-state index contributed by atoms with van der Waals surface area (Å²) >= 11 is 1.47. The van der Waals surface area contributed by atoms with Gasteiger partial charge in [0.2, 0.25) is 0 Å². The summed E-state index contributed by atoms with van der Waals surface area (Å²) in [6.07, 6.45) is 5.89. The van der Waals surface area contributed by atoms with Gasteiger partial charge in [-0.05, 0) is 37.5 Å². The maximum Gasteiger partial charge on any atom is 0.321 e. The minimum atomic E-state index is -0.272. The molecule has 6 nitrogen and oxygen atoms in total. The lowest BCUT2D eigenvalue weighted by Gasteiger charge is -2.19. The van der Waals surface area contributed by atoms with Crippen LogP contribution in [0.5, 0.6) is 0 Å². The SMILES string of the molecule is Cc1ccc(-c2cnc(NC(=O)N[C@@H]3CCO[C@H]3c3cccnc3)s2)c(C)c1. The van der Waals surface area contributed by atoms with Crippen LogP contribution in [0, 0.1) is 13.8 Å². The van der Waals surface area contributed by atoms with Gasteiger partial charge in [-0.2, -0.15) is 0 Å². The number of aryl methyl sites for hydroxylation is 2. The Morgan fingerprint density at radius 3 is 2.93 bits per heavy atom. The molecule has 3 aromatic rings. The van der Waals surface area contributed by atoms with Crippen molar-refractivity contribution in [1.82, 2.24) is 15.3 Å². The fourth-order valence-corrected chi connectivity index (χ4v) is 4.36. The average molecular weight is 395 g/mol. The Morgan fingerprint density at radius 1 is 1.25 bits per heavy atom. The van der Waals surface area contributed by atoms with Crippen LogP contribution in [0.1, 0.15) is 29.2 Å². The Kier molecular flexibility index (Phi) is 5.36. The van der Waals surface area contributed by atoms with Gasteiger partial charge in [0.1, 0.15) is 6.10 Å². The van der Waals surface area contributed by atoms with E-state index < -0.39 is 0 Å². The van der Waals surface area contributed by atoms with Gasteiger partial charge < -0.3 is 10.1 Å². The number of carbonyl (C=O) groups is 1. The van der Waals surface area contributed by atoms with Crippen LogP contribution in [0.2, 0.25) is 0 Å². The molecule has 1 saturated heterocycles. The number of ether oxygens (including phenoxy) is 1. The van der Waals surface area contributed by atoms with Crippen molar-refractivity contribution in [2.45, 2.75) is 32.4 Å². The van der Waals surface area contributed by atoms with Crippen molar-refractivity contribution < 1.29 is 9.53 Å². The number of rotatable bonds is 4. The summed E-state index contributed by atoms with van der Waals surface area (Å²) < 4.78 is 5.79. The van der Waals surface area contributed by atoms with E-state index in [2.05, 4.69) is 52.6 Å². The second-order valence-electron chi connectivity index (χ2n) is 6.92. The molecule has 3 heterocycles. The molecule has 1 aromatic carbocycles. The van der Waals surface area contributed by atoms with Gasteiger partial charge >= 0.3 is 6.03 Å². The zero-order valence-corrected chi connectivity index (χ0v) is 16.6. The number of urea groups is 1. The second-order valence-corrected chi connectivity index (χ2v) is 7.95. The maximum absolute atomic E-state index is 12.5. The molecular formula is C21H22N4O2S. The van der Waals surface area contributed by atoms with Crippen LogP contribution in [0.4, 0.5) is 9.93 Å². The van der Waals surface area contributed by atoms with Crippen molar-refractivity contribution >= 4 is 22.5 Å². The Hall–Kier alpha value is -2.77. The van der Waals surface area contributed by atoms with Crippen LogP contribution in [-0.4, -0.2) is 28.6 Å². The van der Waals surface area contributed by atoms with Crippen molar-refractivity contribution in [1.29, 1.82) is 0 Å². The standard InChI is InChI=1S/C21H22N4O2S/c1-13-5-6-16(14(2)10-13)18-12-23-21(28-18)25-20(26)24-17-7-9-27-19(17)15-4-3-8-22-11-15/h3-6,8,10-12,17,19H,7,9H2,1-2H3,(H2,23,24,25,26)/t17-,19+/m1/s1. The lowest BCUT2D eigenvalue weighted by Crippen LogP contribution is -2.39. The molecule has 28 heavy (non-hydrogen) atoms. The highest BCUT2D eigenvalue weighted by molar-refractivity contribution is 7.19. The van der Waals surface area contributed by atoms with Gasteiger partial charge in [0, 0.05) is 30.8 Å². The third kappa shape index (κ3) is 4.05. The summed E-state index contributed by atoms with van der Waals surface area (Å²) in [6, 6.07) is 9.80. The molecular weight excluding hydrogens is 372 g/mol. The first-order valence-electron chi connectivity index (χ1n) is 9.22. The van der Waals surface area contributed by atoms with E-state index in [1.165, 1.54) is 22.5 Å². The highest BCUT2D eigenvalue weighted by Gasteiger charge is 2.31. The van der Waals surface area contributed by atoms with E-state index in [0.29, 0.717) is 11.7 Å². The number of pyridine rings is 1. The summed E-state index contributed by atoms with van der Waals surface area (Å²) in [5.74, 6) is 0. The number of thiazole rings is 1. The first-order valence-corrected chi connectivity index (χ1v) is 10.0. The Labute approximate surface area is 168 Å². The molecule has 0 spiro atoms. The fraction of sp³-hybridized carbons (Fsp3) is 0.286. The predicted molar refractivity (Wildman–Crippen MR) is 111 cm³/mol. The van der Waals surface area contributed by atoms with Crippen LogP contribution in [0.3, 0.4) is 0 Å². The third-order valence-corrected chi connectivity index (χ3v) is 5.74. The highest BCUT2D eigenvalue weighted by atomic mass is 32.1. The number of carbonyl (C=O) groups excluding carboxylic acids is 1. The number of anilines is 1. The van der Waals surface area contributed by atoms with E-state index in [1.807, 2.05) is 12.1 Å². The summed E-state index contributed by atoms with van der Waals surface area (Å²) in [6.45, 7) is 4.77. The molecule has 2 N–H and O–H groups in total. The number of aromatic nitrogens is 2. The molecule has 0 bridgehead atoms. The number of nitrogens with one attached hydrogen (secondary N) is 2. The Morgan fingerprint density at radius 2 is 2.14 bits per heavy atom. The molecule has 144 valence electrons. The molecule has 2 atom stereocenters. The minimum Gasteiger partial charge on any atom is -0.371 e. The van der Waals surface area contributed by atoms with E-state index >= 15 is 0 Å². The number of nitrogens with zero attached hydrogens (tertiary/aromatic N) is 2. The molecule has 0 aliphatic carbocycles. The topological polar surface area (TPSA) is 76.1 Å². The summed E-state index contributed by atoms with van der Waals surface area (Å²) in [4.78, 5) is 22.0. The lowest BCUT2D eigenvalue weighted by atomic mass is 10.0. The van der Waals surface area contributed by atoms with Crippen molar-refractivity contribution in [2.75, 3.05) is 11.9 Å². The van der Waals surface area contributed by atoms with Crippen LogP contribution in [-0.2, 0) is 4.74 Å². The van der Waals surface area contributed by atoms with Crippen LogP contribution < -0.4 is 10.6 Å². The van der Waals surface area contributed by atoms with Crippen LogP contribution in [0.15, 0.2) is 48.9 Å². The van der Waals surface area contributed by atoms with Gasteiger partial charge in [-0.1, -0.05) is 41.2 Å². The fourth-order valence-electron chi connectivity index (χ4n) is 3.46. The van der Waals surface area contributed by atoms with Crippen molar-refractivity contribution in [3.63, 3.8) is 0 Å². The summed E-state index contributed by atoms with van der Waals surface area (Å²) in [7, 11) is 0. The smallest absolute Gasteiger partial charge is 0.321 e. The minimum absolute atomic E-state index is 0.0945. The number of benzene rings is 1. The zero-order chi connectivity index (χ0) is 19.5. The molecule has 7 heteroatoms. The monoisotopic (exact) mass is 394 g/mol. The molecule has 4 rings (SSSR count). The molecule has 0 unspecified atom stereocenters. The molecule has 2 amide bonds. The summed E-state index contributed by atoms with van der Waals surface area (Å²) in [5.41, 5.74) is 4.53. The van der Waals surface area contributed by atoms with Crippen molar-refractivity contribution in [3.8, 4) is 10.4 Å². The molecule has 0 radical (unpaired) electrons. The molecule has 0 saturated carbocycles. The first-order chi connectivity index (χ1) is 13.6. The predicted octanol–water partition coefficient (Wildman–Crippen LogP) is 4.47. The van der Waals surface area contributed by atoms with Gasteiger partial charge in [-0.3, -0.25) is 10.3 Å². The Balaban J connectivity index is 1.41. The van der Waals surface area contributed by atoms with Gasteiger partial charge in [-0.25, -0.2) is 9.78 Å². The third-order valence-electron chi connectivity index (χ3n) is 4.79. The number of hydrogen-bond acceptors (Lipinski definition) is 5. The van der Waals surface area contributed by atoms with E-state index in [4.69, 9.17) is 4.74 Å². The molecule has 1 aliphatic rings. The van der Waals surface area contributed by atoms with Gasteiger partial charge in [-0.15, -0.1) is 0 Å². The lowest BCUT2D eigenvalue weighted by molar-refractivity contribution is 0.100. The molecule has 1 aliphatic heterocycles. The quantitative estimate of drug-likeness (QED) is 0.684. The largest absolute Gasteiger partial charge is 0.371 e. The highest BCUT2D eigenvalue weighted by Crippen LogP contribution is 2.32. The molecule has 2 aromatic heterocycles. The zero-order valence-electron chi connectivity index (χ0n) is 15.8. The Bertz CT molecular complexity index is 974. The van der Waals surface area contributed by atoms with Crippen LogP contribution >= 0.6 is 11.3 Å². The first kappa shape index (κ1) is 18.6. The molecule has 1 fully saturated rings. The van der Waals surface area contributed by atoms with E-state index in [9.17, 15) is 4.79 Å². The van der Waals surface area contributed by atoms with Gasteiger partial charge in [0.25, 0.3) is 0 Å². The normalized spacial score (nSPS) is 18.8. The van der Waals surface area contributed by atoms with Crippen LogP contribution in [0.25, 0.3) is 10.4 Å². The maximum atomic E-state index is 12.5. The second kappa shape index (κ2) is 8.08. The summed E-state index contributed by atoms with van der Waals surface area (Å²) in [5, 5.41) is 6.43. The van der Waals surface area contributed by atoms with E-state index in [0.717, 1.165) is 22.4 Å². The van der Waals surface area contributed by atoms with Gasteiger partial charge in [0.05, 0.1) is 10.9 Å². The number of hydrogen-bond donors (Lipinski definition) is 2. The van der Waals surface area contributed by atoms with E-state index in [1.54, 1.807) is 18.6 Å².